The number of Topliss-reactive ketones (excluding diaryl/α,β-unsaturated/α-hetero) is 1. The van der Waals surface area contributed by atoms with Gasteiger partial charge in [0.2, 0.25) is 0 Å². The number of halogens is 1. The Hall–Kier alpha value is -1.31. The summed E-state index contributed by atoms with van der Waals surface area (Å²) in [6.45, 7) is 5.48. The Bertz CT molecular complexity index is 634. The van der Waals surface area contributed by atoms with E-state index in [-0.39, 0.29) is 11.2 Å². The first-order chi connectivity index (χ1) is 11.0. The third-order valence-electron chi connectivity index (χ3n) is 4.34. The zero-order valence-corrected chi connectivity index (χ0v) is 15.6. The minimum absolute atomic E-state index is 0.0582. The van der Waals surface area contributed by atoms with Crippen LogP contribution in [0.15, 0.2) is 16.6 Å². The van der Waals surface area contributed by atoms with Gasteiger partial charge in [0.05, 0.1) is 7.11 Å². The predicted molar refractivity (Wildman–Crippen MR) is 94.7 cm³/mol. The van der Waals surface area contributed by atoms with Crippen molar-refractivity contribution in [1.82, 2.24) is 0 Å². The quantitative estimate of drug-likeness (QED) is 0.722. The van der Waals surface area contributed by atoms with Crippen LogP contribution in [-0.2, 0) is 16.0 Å². The average molecular weight is 379 g/mol. The molecule has 1 aromatic rings. The van der Waals surface area contributed by atoms with E-state index in [1.807, 2.05) is 12.1 Å². The van der Waals surface area contributed by atoms with E-state index in [0.29, 0.717) is 18.6 Å². The van der Waals surface area contributed by atoms with Crippen molar-refractivity contribution in [2.24, 2.45) is 5.41 Å². The number of carbonyl (C=O) groups is 1. The van der Waals surface area contributed by atoms with Gasteiger partial charge >= 0.3 is 0 Å². The highest BCUT2D eigenvalue weighted by molar-refractivity contribution is 9.10. The molecule has 1 aromatic carbocycles. The largest absolute Gasteiger partial charge is 0.496 e. The topological polar surface area (TPSA) is 35.5 Å². The Morgan fingerprint density at radius 3 is 2.70 bits per heavy atom. The van der Waals surface area contributed by atoms with Crippen LogP contribution in [0.25, 0.3) is 0 Å². The maximum atomic E-state index is 12.6. The van der Waals surface area contributed by atoms with Gasteiger partial charge in [-0.05, 0) is 37.3 Å². The number of hydrogen-bond acceptors (Lipinski definition) is 3. The molecule has 1 saturated heterocycles. The van der Waals surface area contributed by atoms with Gasteiger partial charge in [-0.1, -0.05) is 28.8 Å². The molecule has 1 aliphatic heterocycles. The lowest BCUT2D eigenvalue weighted by molar-refractivity contribution is -0.122. The summed E-state index contributed by atoms with van der Waals surface area (Å²) in [5, 5.41) is 0. The highest BCUT2D eigenvalue weighted by Gasteiger charge is 2.30. The molecule has 0 aliphatic carbocycles. The number of ketones is 1. The van der Waals surface area contributed by atoms with E-state index in [2.05, 4.69) is 34.7 Å². The molecule has 0 saturated carbocycles. The molecule has 0 aromatic heterocycles. The summed E-state index contributed by atoms with van der Waals surface area (Å²) >= 11 is 3.56. The number of benzene rings is 1. The van der Waals surface area contributed by atoms with Crippen LogP contribution in [-0.4, -0.2) is 26.1 Å². The third-order valence-corrected chi connectivity index (χ3v) is 5.05. The second-order valence-electron chi connectivity index (χ2n) is 6.33. The normalized spacial score (nSPS) is 16.3. The zero-order chi connectivity index (χ0) is 16.9. The SMILES string of the molecule is CC#Cc1cc(Br)c(CC(=O)CC2(C)CCOCC2)c(OC)c1. The fourth-order valence-electron chi connectivity index (χ4n) is 2.96. The molecule has 3 nitrogen and oxygen atoms in total. The first-order valence-electron chi connectivity index (χ1n) is 7.86. The number of rotatable bonds is 5. The van der Waals surface area contributed by atoms with Gasteiger partial charge < -0.3 is 9.47 Å². The van der Waals surface area contributed by atoms with Gasteiger partial charge in [0, 0.05) is 41.7 Å². The number of methoxy groups -OCH3 is 1. The smallest absolute Gasteiger partial charge is 0.137 e. The lowest BCUT2D eigenvalue weighted by atomic mass is 9.77. The monoisotopic (exact) mass is 378 g/mol. The molecule has 0 spiro atoms. The predicted octanol–water partition coefficient (Wildman–Crippen LogP) is 4.15. The molecule has 0 radical (unpaired) electrons. The molecule has 0 unspecified atom stereocenters. The van der Waals surface area contributed by atoms with Crippen LogP contribution in [0.1, 0.15) is 44.2 Å². The Labute approximate surface area is 146 Å². The van der Waals surface area contributed by atoms with E-state index in [9.17, 15) is 4.79 Å². The molecule has 124 valence electrons. The van der Waals surface area contributed by atoms with Gasteiger partial charge in [-0.3, -0.25) is 4.79 Å². The van der Waals surface area contributed by atoms with E-state index >= 15 is 0 Å². The van der Waals surface area contributed by atoms with Crippen molar-refractivity contribution in [3.63, 3.8) is 0 Å². The zero-order valence-electron chi connectivity index (χ0n) is 14.0. The Morgan fingerprint density at radius 1 is 1.39 bits per heavy atom. The molecule has 4 heteroatoms. The van der Waals surface area contributed by atoms with E-state index in [1.165, 1.54) is 0 Å². The first kappa shape index (κ1) is 18.0. The average Bonchev–Trinajstić information content (AvgIpc) is 2.50. The van der Waals surface area contributed by atoms with Crippen LogP contribution in [0.4, 0.5) is 0 Å². The third kappa shape index (κ3) is 4.83. The molecular weight excluding hydrogens is 356 g/mol. The Morgan fingerprint density at radius 2 is 2.09 bits per heavy atom. The summed E-state index contributed by atoms with van der Waals surface area (Å²) in [5.41, 5.74) is 1.83. The van der Waals surface area contributed by atoms with E-state index < -0.39 is 0 Å². The summed E-state index contributed by atoms with van der Waals surface area (Å²) in [4.78, 5) is 12.6. The Balaban J connectivity index is 2.15. The van der Waals surface area contributed by atoms with Gasteiger partial charge in [-0.2, -0.15) is 0 Å². The van der Waals surface area contributed by atoms with Crippen molar-refractivity contribution in [3.05, 3.63) is 27.7 Å². The fourth-order valence-corrected chi connectivity index (χ4v) is 3.54. The molecule has 0 atom stereocenters. The van der Waals surface area contributed by atoms with Crippen LogP contribution in [0.2, 0.25) is 0 Å². The standard InChI is InChI=1S/C19H23BrO3/c1-4-5-14-10-17(20)16(18(11-14)22-3)12-15(21)13-19(2)6-8-23-9-7-19/h10-11H,6-9,12-13H2,1-3H3. The first-order valence-corrected chi connectivity index (χ1v) is 8.65. The van der Waals surface area contributed by atoms with Gasteiger partial charge in [0.25, 0.3) is 0 Å². The highest BCUT2D eigenvalue weighted by Crippen LogP contribution is 2.35. The molecule has 1 fully saturated rings. The molecule has 0 bridgehead atoms. The summed E-state index contributed by atoms with van der Waals surface area (Å²) < 4.78 is 11.7. The molecule has 23 heavy (non-hydrogen) atoms. The number of carbonyl (C=O) groups excluding carboxylic acids is 1. The van der Waals surface area contributed by atoms with Gasteiger partial charge in [0.15, 0.2) is 0 Å². The van der Waals surface area contributed by atoms with Gasteiger partial charge in [-0.15, -0.1) is 5.92 Å². The van der Waals surface area contributed by atoms with Crippen LogP contribution in [0.3, 0.4) is 0 Å². The van der Waals surface area contributed by atoms with Crippen molar-refractivity contribution < 1.29 is 14.3 Å². The maximum absolute atomic E-state index is 12.6. The highest BCUT2D eigenvalue weighted by atomic mass is 79.9. The Kier molecular flexibility index (Phi) is 6.26. The van der Waals surface area contributed by atoms with E-state index in [1.54, 1.807) is 14.0 Å². The van der Waals surface area contributed by atoms with Crippen LogP contribution in [0, 0.1) is 17.3 Å². The summed E-state index contributed by atoms with van der Waals surface area (Å²) in [6.07, 6.45) is 2.85. The molecule has 1 heterocycles. The summed E-state index contributed by atoms with van der Waals surface area (Å²) in [6, 6.07) is 3.83. The lowest BCUT2D eigenvalue weighted by Crippen LogP contribution is -2.29. The van der Waals surface area contributed by atoms with Crippen molar-refractivity contribution >= 4 is 21.7 Å². The second-order valence-corrected chi connectivity index (χ2v) is 7.18. The van der Waals surface area contributed by atoms with Crippen molar-refractivity contribution in [3.8, 4) is 17.6 Å². The molecule has 2 rings (SSSR count). The van der Waals surface area contributed by atoms with Gasteiger partial charge in [0.1, 0.15) is 11.5 Å². The molecule has 1 aliphatic rings. The van der Waals surface area contributed by atoms with E-state index in [0.717, 1.165) is 41.7 Å². The van der Waals surface area contributed by atoms with Crippen molar-refractivity contribution in [2.45, 2.75) is 39.5 Å². The van der Waals surface area contributed by atoms with Crippen LogP contribution in [0.5, 0.6) is 5.75 Å². The molecule has 0 amide bonds. The molecule has 0 N–H and O–H groups in total. The summed E-state index contributed by atoms with van der Waals surface area (Å²) in [7, 11) is 1.62. The van der Waals surface area contributed by atoms with Crippen LogP contribution < -0.4 is 4.74 Å². The van der Waals surface area contributed by atoms with Crippen molar-refractivity contribution in [2.75, 3.05) is 20.3 Å². The number of ether oxygens (including phenoxy) is 2. The van der Waals surface area contributed by atoms with Crippen LogP contribution >= 0.6 is 15.9 Å². The molecular formula is C19H23BrO3. The fraction of sp³-hybridized carbons (Fsp3) is 0.526. The minimum Gasteiger partial charge on any atom is -0.496 e. The summed E-state index contributed by atoms with van der Waals surface area (Å²) in [5.74, 6) is 6.84. The second kappa shape index (κ2) is 7.99. The lowest BCUT2D eigenvalue weighted by Gasteiger charge is -2.33. The minimum atomic E-state index is 0.0582. The van der Waals surface area contributed by atoms with Gasteiger partial charge in [-0.25, -0.2) is 0 Å². The maximum Gasteiger partial charge on any atom is 0.137 e. The number of hydrogen-bond donors (Lipinski definition) is 0. The van der Waals surface area contributed by atoms with E-state index in [4.69, 9.17) is 9.47 Å². The van der Waals surface area contributed by atoms with Crippen molar-refractivity contribution in [1.29, 1.82) is 0 Å².